The first-order valence-electron chi connectivity index (χ1n) is 6.83. The van der Waals surface area contributed by atoms with Crippen molar-refractivity contribution in [2.24, 2.45) is 13.0 Å². The van der Waals surface area contributed by atoms with Gasteiger partial charge < -0.3 is 15.4 Å². The number of carbonyl (C=O) groups is 1. The summed E-state index contributed by atoms with van der Waals surface area (Å²) in [5.41, 5.74) is 10.2. The molecule has 1 aromatic heterocycles. The molecule has 1 atom stereocenters. The zero-order valence-electron chi connectivity index (χ0n) is 11.5. The zero-order chi connectivity index (χ0) is 14.3. The van der Waals surface area contributed by atoms with Gasteiger partial charge >= 0.3 is 5.97 Å². The summed E-state index contributed by atoms with van der Waals surface area (Å²) in [5, 5.41) is 10.2. The number of carboxylic acid groups (broad SMARTS) is 1. The topological polar surface area (TPSA) is 68.2 Å². The van der Waals surface area contributed by atoms with E-state index >= 15 is 0 Å². The monoisotopic (exact) mass is 270 g/mol. The van der Waals surface area contributed by atoms with Crippen LogP contribution in [0.1, 0.15) is 24.8 Å². The highest BCUT2D eigenvalue weighted by Gasteiger charge is 2.22. The molecule has 0 bridgehead atoms. The maximum absolute atomic E-state index is 11.0. The average Bonchev–Trinajstić information content (AvgIpc) is 2.75. The Morgan fingerprint density at radius 2 is 2.25 bits per heavy atom. The summed E-state index contributed by atoms with van der Waals surface area (Å²) in [4.78, 5) is 11.0. The normalized spacial score (nSPS) is 19.1. The lowest BCUT2D eigenvalue weighted by atomic mass is 9.86. The number of nitrogens with two attached hydrogens (primary N) is 1. The van der Waals surface area contributed by atoms with E-state index in [2.05, 4.69) is 16.8 Å². The number of rotatable bonds is 2. The average molecular weight is 270 g/mol. The molecule has 0 radical (unpaired) electrons. The molecule has 3 N–H and O–H groups in total. The molecule has 4 nitrogen and oxygen atoms in total. The van der Waals surface area contributed by atoms with Crippen molar-refractivity contribution >= 4 is 28.1 Å². The SMILES string of the molecule is Cn1cc(C2=CCC(C(=O)O)CC2)c2cc(N)ccc21. The van der Waals surface area contributed by atoms with E-state index in [9.17, 15) is 4.79 Å². The van der Waals surface area contributed by atoms with Gasteiger partial charge in [0.1, 0.15) is 0 Å². The van der Waals surface area contributed by atoms with Crippen molar-refractivity contribution in [1.82, 2.24) is 4.57 Å². The highest BCUT2D eigenvalue weighted by atomic mass is 16.4. The van der Waals surface area contributed by atoms with E-state index in [4.69, 9.17) is 10.8 Å². The van der Waals surface area contributed by atoms with Crippen molar-refractivity contribution in [3.05, 3.63) is 36.0 Å². The highest BCUT2D eigenvalue weighted by Crippen LogP contribution is 2.35. The summed E-state index contributed by atoms with van der Waals surface area (Å²) in [7, 11) is 2.02. The Hall–Kier alpha value is -2.23. The third-order valence-electron chi connectivity index (χ3n) is 4.12. The Balaban J connectivity index is 2.03. The first-order valence-corrected chi connectivity index (χ1v) is 6.83. The van der Waals surface area contributed by atoms with Crippen LogP contribution in [0.5, 0.6) is 0 Å². The Morgan fingerprint density at radius 3 is 2.90 bits per heavy atom. The molecule has 0 aliphatic heterocycles. The third kappa shape index (κ3) is 2.07. The van der Waals surface area contributed by atoms with E-state index in [1.54, 1.807) is 0 Å². The fourth-order valence-corrected chi connectivity index (χ4v) is 2.97. The molecule has 0 fully saturated rings. The number of hydrogen-bond donors (Lipinski definition) is 2. The van der Waals surface area contributed by atoms with Crippen molar-refractivity contribution in [2.75, 3.05) is 5.73 Å². The number of aromatic nitrogens is 1. The molecule has 20 heavy (non-hydrogen) atoms. The minimum absolute atomic E-state index is 0.237. The van der Waals surface area contributed by atoms with Crippen LogP contribution in [0.2, 0.25) is 0 Å². The maximum Gasteiger partial charge on any atom is 0.306 e. The molecule has 1 aromatic carbocycles. The third-order valence-corrected chi connectivity index (χ3v) is 4.12. The first kappa shape index (κ1) is 12.8. The van der Waals surface area contributed by atoms with E-state index in [1.807, 2.05) is 25.2 Å². The number of anilines is 1. The summed E-state index contributed by atoms with van der Waals surface area (Å²) in [5.74, 6) is -0.929. The number of nitrogens with zero attached hydrogens (tertiary/aromatic N) is 1. The fourth-order valence-electron chi connectivity index (χ4n) is 2.97. The van der Waals surface area contributed by atoms with Crippen LogP contribution < -0.4 is 5.73 Å². The Kier molecular flexibility index (Phi) is 3.01. The number of nitrogen functional groups attached to an aromatic ring is 1. The largest absolute Gasteiger partial charge is 0.481 e. The molecule has 1 aliphatic rings. The summed E-state index contributed by atoms with van der Waals surface area (Å²) >= 11 is 0. The predicted octanol–water partition coefficient (Wildman–Crippen LogP) is 3.03. The summed E-state index contributed by atoms with van der Waals surface area (Å²) < 4.78 is 2.09. The molecular formula is C16H18N2O2. The minimum atomic E-state index is -0.692. The van der Waals surface area contributed by atoms with E-state index in [1.165, 1.54) is 11.1 Å². The van der Waals surface area contributed by atoms with Gasteiger partial charge in [-0.05, 0) is 43.0 Å². The molecule has 1 unspecified atom stereocenters. The molecule has 0 amide bonds. The van der Waals surface area contributed by atoms with Gasteiger partial charge in [0.25, 0.3) is 0 Å². The first-order chi connectivity index (χ1) is 9.56. The quantitative estimate of drug-likeness (QED) is 0.824. The van der Waals surface area contributed by atoms with E-state index in [0.717, 1.165) is 23.0 Å². The number of aliphatic carboxylic acids is 1. The Labute approximate surface area is 117 Å². The lowest BCUT2D eigenvalue weighted by Gasteiger charge is -2.18. The van der Waals surface area contributed by atoms with Crippen molar-refractivity contribution < 1.29 is 9.90 Å². The van der Waals surface area contributed by atoms with Crippen LogP contribution in [-0.2, 0) is 11.8 Å². The fraction of sp³-hybridized carbons (Fsp3) is 0.312. The Bertz CT molecular complexity index is 713. The van der Waals surface area contributed by atoms with E-state index in [-0.39, 0.29) is 5.92 Å². The van der Waals surface area contributed by atoms with Gasteiger partial charge in [-0.2, -0.15) is 0 Å². The molecule has 1 aliphatic carbocycles. The maximum atomic E-state index is 11.0. The minimum Gasteiger partial charge on any atom is -0.481 e. The smallest absolute Gasteiger partial charge is 0.306 e. The van der Waals surface area contributed by atoms with E-state index < -0.39 is 5.97 Å². The van der Waals surface area contributed by atoms with Crippen LogP contribution >= 0.6 is 0 Å². The molecule has 2 aromatic rings. The summed E-state index contributed by atoms with van der Waals surface area (Å²) in [6.07, 6.45) is 6.31. The molecule has 4 heteroatoms. The molecule has 0 spiro atoms. The second-order valence-corrected chi connectivity index (χ2v) is 5.47. The lowest BCUT2D eigenvalue weighted by molar-refractivity contribution is -0.141. The number of aryl methyl sites for hydroxylation is 1. The van der Waals surface area contributed by atoms with Crippen molar-refractivity contribution in [2.45, 2.75) is 19.3 Å². The number of benzene rings is 1. The van der Waals surface area contributed by atoms with Crippen LogP contribution in [0.15, 0.2) is 30.5 Å². The second kappa shape index (κ2) is 4.71. The van der Waals surface area contributed by atoms with Crippen molar-refractivity contribution in [1.29, 1.82) is 0 Å². The van der Waals surface area contributed by atoms with Crippen LogP contribution in [0, 0.1) is 5.92 Å². The van der Waals surface area contributed by atoms with Crippen LogP contribution in [0.4, 0.5) is 5.69 Å². The van der Waals surface area contributed by atoms with Crippen molar-refractivity contribution in [3.63, 3.8) is 0 Å². The number of allylic oxidation sites excluding steroid dienone is 2. The summed E-state index contributed by atoms with van der Waals surface area (Å²) in [6, 6.07) is 5.92. The Morgan fingerprint density at radius 1 is 1.45 bits per heavy atom. The lowest BCUT2D eigenvalue weighted by Crippen LogP contribution is -2.15. The molecule has 3 rings (SSSR count). The van der Waals surface area contributed by atoms with Crippen LogP contribution in [0.25, 0.3) is 16.5 Å². The van der Waals surface area contributed by atoms with Gasteiger partial charge in [0, 0.05) is 35.4 Å². The van der Waals surface area contributed by atoms with Gasteiger partial charge in [-0.25, -0.2) is 0 Å². The van der Waals surface area contributed by atoms with Crippen LogP contribution in [0.3, 0.4) is 0 Å². The molecular weight excluding hydrogens is 252 g/mol. The van der Waals surface area contributed by atoms with Crippen LogP contribution in [-0.4, -0.2) is 15.6 Å². The van der Waals surface area contributed by atoms with Gasteiger partial charge in [-0.15, -0.1) is 0 Å². The van der Waals surface area contributed by atoms with Gasteiger partial charge in [0.05, 0.1) is 5.92 Å². The summed E-state index contributed by atoms with van der Waals surface area (Å²) in [6.45, 7) is 0. The van der Waals surface area contributed by atoms with Crippen molar-refractivity contribution in [3.8, 4) is 0 Å². The number of carboxylic acids is 1. The van der Waals surface area contributed by atoms with Gasteiger partial charge in [-0.1, -0.05) is 6.08 Å². The standard InChI is InChI=1S/C16H18N2O2/c1-18-9-14(13-8-12(17)6-7-15(13)18)10-2-4-11(5-3-10)16(19)20/h2,6-9,11H,3-5,17H2,1H3,(H,19,20). The molecule has 1 heterocycles. The second-order valence-electron chi connectivity index (χ2n) is 5.47. The van der Waals surface area contributed by atoms with E-state index in [0.29, 0.717) is 12.8 Å². The molecule has 104 valence electrons. The number of hydrogen-bond acceptors (Lipinski definition) is 2. The predicted molar refractivity (Wildman–Crippen MR) is 80.3 cm³/mol. The van der Waals surface area contributed by atoms with Gasteiger partial charge in [-0.3, -0.25) is 4.79 Å². The van der Waals surface area contributed by atoms with Gasteiger partial charge in [0.15, 0.2) is 0 Å². The molecule has 0 saturated heterocycles. The molecule has 0 saturated carbocycles. The highest BCUT2D eigenvalue weighted by molar-refractivity contribution is 5.95. The zero-order valence-corrected chi connectivity index (χ0v) is 11.5. The number of fused-ring (bicyclic) bond motifs is 1. The van der Waals surface area contributed by atoms with Gasteiger partial charge in [0.2, 0.25) is 0 Å².